The predicted octanol–water partition coefficient (Wildman–Crippen LogP) is 3.09. The minimum absolute atomic E-state index is 0.172. The molecule has 1 saturated heterocycles. The Labute approximate surface area is 150 Å². The third-order valence-electron chi connectivity index (χ3n) is 5.53. The Balaban J connectivity index is 1.88. The van der Waals surface area contributed by atoms with Gasteiger partial charge in [0.05, 0.1) is 24.4 Å². The van der Waals surface area contributed by atoms with Crippen LogP contribution in [0.5, 0.6) is 5.75 Å². The molecule has 0 bridgehead atoms. The second-order valence-corrected chi connectivity index (χ2v) is 7.86. The van der Waals surface area contributed by atoms with Crippen LogP contribution in [0.2, 0.25) is 0 Å². The second-order valence-electron chi connectivity index (χ2n) is 7.86. The van der Waals surface area contributed by atoms with Crippen LogP contribution in [0.25, 0.3) is 0 Å². The summed E-state index contributed by atoms with van der Waals surface area (Å²) in [6, 6.07) is 5.49. The van der Waals surface area contributed by atoms with Crippen molar-refractivity contribution in [1.82, 2.24) is 0 Å². The number of methoxy groups -OCH3 is 1. The van der Waals surface area contributed by atoms with Crippen LogP contribution in [-0.4, -0.2) is 37.5 Å². The fourth-order valence-electron chi connectivity index (χ4n) is 3.23. The standard InChI is InChI=1S/C19H27BO5/c1-18(2)19(3,4)25-20(24-18)13-10-11-16(15(12-13)17(21)22-5)23-14-8-6-7-9-14/h10-12,14H,6-9H2,1-5H3. The number of carbonyl (C=O) groups excluding carboxylic acids is 1. The molecule has 0 spiro atoms. The van der Waals surface area contributed by atoms with Crippen LogP contribution < -0.4 is 10.2 Å². The van der Waals surface area contributed by atoms with Gasteiger partial charge in [-0.15, -0.1) is 0 Å². The molecule has 1 aliphatic carbocycles. The van der Waals surface area contributed by atoms with E-state index in [1.54, 1.807) is 6.07 Å². The molecule has 136 valence electrons. The fraction of sp³-hybridized carbons (Fsp3) is 0.632. The number of benzene rings is 1. The lowest BCUT2D eigenvalue weighted by molar-refractivity contribution is 0.00578. The van der Waals surface area contributed by atoms with Gasteiger partial charge in [-0.3, -0.25) is 0 Å². The molecule has 0 amide bonds. The summed E-state index contributed by atoms with van der Waals surface area (Å²) >= 11 is 0. The molecule has 1 saturated carbocycles. The Kier molecular flexibility index (Phi) is 4.86. The van der Waals surface area contributed by atoms with Crippen molar-refractivity contribution in [2.75, 3.05) is 7.11 Å². The molecule has 1 aromatic carbocycles. The van der Waals surface area contributed by atoms with E-state index in [2.05, 4.69) is 0 Å². The minimum Gasteiger partial charge on any atom is -0.490 e. The van der Waals surface area contributed by atoms with Crippen molar-refractivity contribution in [1.29, 1.82) is 0 Å². The topological polar surface area (TPSA) is 54.0 Å². The third kappa shape index (κ3) is 3.56. The van der Waals surface area contributed by atoms with Crippen molar-refractivity contribution < 1.29 is 23.6 Å². The van der Waals surface area contributed by atoms with Crippen LogP contribution in [0.4, 0.5) is 0 Å². The van der Waals surface area contributed by atoms with Crippen molar-refractivity contribution >= 4 is 18.6 Å². The molecule has 2 fully saturated rings. The van der Waals surface area contributed by atoms with Gasteiger partial charge in [0, 0.05) is 0 Å². The molecule has 0 radical (unpaired) electrons. The largest absolute Gasteiger partial charge is 0.494 e. The van der Waals surface area contributed by atoms with Crippen molar-refractivity contribution in [3.8, 4) is 5.75 Å². The lowest BCUT2D eigenvalue weighted by atomic mass is 9.78. The van der Waals surface area contributed by atoms with E-state index >= 15 is 0 Å². The highest BCUT2D eigenvalue weighted by Crippen LogP contribution is 2.37. The van der Waals surface area contributed by atoms with Crippen LogP contribution >= 0.6 is 0 Å². The van der Waals surface area contributed by atoms with Crippen LogP contribution in [-0.2, 0) is 14.0 Å². The molecule has 25 heavy (non-hydrogen) atoms. The summed E-state index contributed by atoms with van der Waals surface area (Å²) in [5.41, 5.74) is 0.351. The Bertz CT molecular complexity index is 633. The maximum atomic E-state index is 12.2. The summed E-state index contributed by atoms with van der Waals surface area (Å²) < 4.78 is 23.1. The minimum atomic E-state index is -0.520. The maximum absolute atomic E-state index is 12.2. The van der Waals surface area contributed by atoms with E-state index in [9.17, 15) is 4.79 Å². The number of ether oxygens (including phenoxy) is 2. The Morgan fingerprint density at radius 2 is 1.72 bits per heavy atom. The van der Waals surface area contributed by atoms with E-state index in [1.807, 2.05) is 39.8 Å². The zero-order valence-corrected chi connectivity index (χ0v) is 15.8. The summed E-state index contributed by atoms with van der Waals surface area (Å²) in [6.45, 7) is 8.02. The van der Waals surface area contributed by atoms with Gasteiger partial charge in [0.2, 0.25) is 0 Å². The molecular weight excluding hydrogens is 319 g/mol. The average Bonchev–Trinajstić information content (AvgIpc) is 3.13. The first kappa shape index (κ1) is 18.3. The first-order valence-corrected chi connectivity index (χ1v) is 8.98. The molecule has 1 heterocycles. The van der Waals surface area contributed by atoms with Crippen LogP contribution in [0, 0.1) is 0 Å². The average molecular weight is 346 g/mol. The highest BCUT2D eigenvalue weighted by atomic mass is 16.7. The van der Waals surface area contributed by atoms with E-state index in [1.165, 1.54) is 20.0 Å². The van der Waals surface area contributed by atoms with Gasteiger partial charge in [-0.25, -0.2) is 4.79 Å². The summed E-state index contributed by atoms with van der Waals surface area (Å²) in [5.74, 6) is 0.158. The summed E-state index contributed by atoms with van der Waals surface area (Å²) in [6.07, 6.45) is 4.57. The number of hydrogen-bond donors (Lipinski definition) is 0. The normalized spacial score (nSPS) is 22.2. The Hall–Kier alpha value is -1.53. The smallest absolute Gasteiger partial charge is 0.490 e. The Morgan fingerprint density at radius 3 is 2.28 bits per heavy atom. The van der Waals surface area contributed by atoms with E-state index < -0.39 is 24.3 Å². The van der Waals surface area contributed by atoms with Gasteiger partial charge < -0.3 is 18.8 Å². The van der Waals surface area contributed by atoms with Crippen molar-refractivity contribution in [3.05, 3.63) is 23.8 Å². The zero-order chi connectivity index (χ0) is 18.2. The zero-order valence-electron chi connectivity index (χ0n) is 15.8. The molecule has 0 atom stereocenters. The first-order chi connectivity index (χ1) is 11.7. The summed E-state index contributed by atoms with van der Waals surface area (Å²) in [5, 5.41) is 0. The summed E-state index contributed by atoms with van der Waals surface area (Å²) in [7, 11) is 0.859. The molecule has 6 heteroatoms. The molecule has 2 aliphatic rings. The molecule has 1 aliphatic heterocycles. The number of hydrogen-bond acceptors (Lipinski definition) is 5. The first-order valence-electron chi connectivity index (χ1n) is 8.98. The molecule has 0 unspecified atom stereocenters. The van der Waals surface area contributed by atoms with Gasteiger partial charge in [-0.1, -0.05) is 6.07 Å². The van der Waals surface area contributed by atoms with Crippen molar-refractivity contribution in [3.63, 3.8) is 0 Å². The van der Waals surface area contributed by atoms with Gasteiger partial charge in [-0.05, 0) is 71.0 Å². The predicted molar refractivity (Wildman–Crippen MR) is 96.4 cm³/mol. The number of esters is 1. The maximum Gasteiger partial charge on any atom is 0.494 e. The van der Waals surface area contributed by atoms with Crippen LogP contribution in [0.1, 0.15) is 63.7 Å². The molecule has 3 rings (SSSR count). The monoisotopic (exact) mass is 346 g/mol. The van der Waals surface area contributed by atoms with Gasteiger partial charge in [-0.2, -0.15) is 0 Å². The second kappa shape index (κ2) is 6.65. The molecule has 1 aromatic rings. The van der Waals surface area contributed by atoms with E-state index in [0.717, 1.165) is 18.3 Å². The fourth-order valence-corrected chi connectivity index (χ4v) is 3.23. The molecule has 0 N–H and O–H groups in total. The van der Waals surface area contributed by atoms with Gasteiger partial charge in [0.15, 0.2) is 0 Å². The quantitative estimate of drug-likeness (QED) is 0.619. The lowest BCUT2D eigenvalue weighted by Crippen LogP contribution is -2.41. The summed E-state index contributed by atoms with van der Waals surface area (Å²) in [4.78, 5) is 12.2. The van der Waals surface area contributed by atoms with Gasteiger partial charge in [0.25, 0.3) is 0 Å². The number of carbonyl (C=O) groups is 1. The highest BCUT2D eigenvalue weighted by Gasteiger charge is 2.51. The molecule has 5 nitrogen and oxygen atoms in total. The molecular formula is C19H27BO5. The van der Waals surface area contributed by atoms with Gasteiger partial charge in [0.1, 0.15) is 11.3 Å². The van der Waals surface area contributed by atoms with Crippen molar-refractivity contribution in [2.45, 2.75) is 70.7 Å². The lowest BCUT2D eigenvalue weighted by Gasteiger charge is -2.32. The van der Waals surface area contributed by atoms with Gasteiger partial charge >= 0.3 is 13.1 Å². The molecule has 0 aromatic heterocycles. The SMILES string of the molecule is COC(=O)c1cc(B2OC(C)(C)C(C)(C)O2)ccc1OC1CCCC1. The number of rotatable bonds is 4. The highest BCUT2D eigenvalue weighted by molar-refractivity contribution is 6.62. The van der Waals surface area contributed by atoms with Crippen LogP contribution in [0.15, 0.2) is 18.2 Å². The third-order valence-corrected chi connectivity index (χ3v) is 5.53. The Morgan fingerprint density at radius 1 is 1.12 bits per heavy atom. The van der Waals surface area contributed by atoms with Crippen molar-refractivity contribution in [2.24, 2.45) is 0 Å². The van der Waals surface area contributed by atoms with E-state index in [0.29, 0.717) is 11.3 Å². The van der Waals surface area contributed by atoms with Crippen LogP contribution in [0.3, 0.4) is 0 Å². The van der Waals surface area contributed by atoms with E-state index in [-0.39, 0.29) is 6.10 Å². The van der Waals surface area contributed by atoms with E-state index in [4.69, 9.17) is 18.8 Å².